The van der Waals surface area contributed by atoms with Crippen LogP contribution in [0.4, 0.5) is 17.3 Å². The van der Waals surface area contributed by atoms with E-state index < -0.39 is 4.92 Å². The van der Waals surface area contributed by atoms with Crippen LogP contribution >= 0.6 is 0 Å². The Morgan fingerprint density at radius 2 is 1.82 bits per heavy atom. The van der Waals surface area contributed by atoms with Crippen LogP contribution in [0.5, 0.6) is 0 Å². The zero-order valence-corrected chi connectivity index (χ0v) is 12.7. The molecule has 0 atom stereocenters. The van der Waals surface area contributed by atoms with E-state index in [2.05, 4.69) is 20.7 Å². The minimum atomic E-state index is -0.497. The van der Waals surface area contributed by atoms with Crippen molar-refractivity contribution in [2.75, 3.05) is 24.8 Å². The normalized spacial score (nSPS) is 10.5. The molecule has 1 aromatic heterocycles. The highest BCUT2D eigenvalue weighted by Gasteiger charge is 2.23. The molecule has 0 saturated heterocycles. The topological polar surface area (TPSA) is 96.2 Å². The molecule has 2 rings (SSSR count). The Labute approximate surface area is 128 Å². The van der Waals surface area contributed by atoms with Crippen molar-refractivity contribution in [2.45, 2.75) is 13.5 Å². The second-order valence-electron chi connectivity index (χ2n) is 5.02. The van der Waals surface area contributed by atoms with Crippen molar-refractivity contribution in [1.82, 2.24) is 15.0 Å². The maximum Gasteiger partial charge on any atom is 0.354 e. The van der Waals surface area contributed by atoms with E-state index in [0.717, 1.165) is 11.1 Å². The lowest BCUT2D eigenvalue weighted by Crippen LogP contribution is -2.21. The minimum absolute atomic E-state index is 0.149. The summed E-state index contributed by atoms with van der Waals surface area (Å²) < 4.78 is 0. The Hall–Kier alpha value is -2.74. The summed E-state index contributed by atoms with van der Waals surface area (Å²) in [4.78, 5) is 18.7. The zero-order chi connectivity index (χ0) is 16.1. The fourth-order valence-corrected chi connectivity index (χ4v) is 1.87. The third-order valence-corrected chi connectivity index (χ3v) is 2.91. The molecule has 2 N–H and O–H groups in total. The van der Waals surface area contributed by atoms with Gasteiger partial charge in [0.05, 0.1) is 4.92 Å². The molecule has 0 aliphatic heterocycles. The highest BCUT2D eigenvalue weighted by Crippen LogP contribution is 2.29. The molecule has 0 aliphatic carbocycles. The molecule has 0 radical (unpaired) electrons. The lowest BCUT2D eigenvalue weighted by atomic mass is 10.1. The molecule has 8 nitrogen and oxygen atoms in total. The van der Waals surface area contributed by atoms with E-state index in [1.807, 2.05) is 31.2 Å². The van der Waals surface area contributed by atoms with Crippen LogP contribution in [0, 0.1) is 17.0 Å². The minimum Gasteiger partial charge on any atom is -0.360 e. The van der Waals surface area contributed by atoms with Crippen molar-refractivity contribution in [3.05, 3.63) is 51.8 Å². The van der Waals surface area contributed by atoms with Crippen LogP contribution in [-0.4, -0.2) is 34.0 Å². The number of hydrazine groups is 1. The molecule has 1 heterocycles. The van der Waals surface area contributed by atoms with Gasteiger partial charge in [0.15, 0.2) is 0 Å². The zero-order valence-electron chi connectivity index (χ0n) is 12.7. The van der Waals surface area contributed by atoms with Crippen LogP contribution in [0.2, 0.25) is 0 Å². The average molecular weight is 302 g/mol. The second-order valence-corrected chi connectivity index (χ2v) is 5.02. The number of nitro groups is 1. The van der Waals surface area contributed by atoms with E-state index in [-0.39, 0.29) is 17.3 Å². The van der Waals surface area contributed by atoms with Crippen molar-refractivity contribution in [1.29, 1.82) is 0 Å². The first kappa shape index (κ1) is 15.6. The summed E-state index contributed by atoms with van der Waals surface area (Å²) in [7, 11) is 3.45. The first-order valence-electron chi connectivity index (χ1n) is 6.70. The van der Waals surface area contributed by atoms with Gasteiger partial charge in [0.1, 0.15) is 6.33 Å². The second kappa shape index (κ2) is 6.81. The van der Waals surface area contributed by atoms with Crippen molar-refractivity contribution in [3.63, 3.8) is 0 Å². The van der Waals surface area contributed by atoms with Gasteiger partial charge >= 0.3 is 5.69 Å². The first-order chi connectivity index (χ1) is 10.5. The van der Waals surface area contributed by atoms with E-state index in [9.17, 15) is 10.1 Å². The summed E-state index contributed by atoms with van der Waals surface area (Å²) in [5.74, 6) is 0.335. The molecule has 0 unspecified atom stereocenters. The van der Waals surface area contributed by atoms with Gasteiger partial charge in [-0.25, -0.2) is 15.0 Å². The third-order valence-electron chi connectivity index (χ3n) is 2.91. The van der Waals surface area contributed by atoms with E-state index in [1.54, 1.807) is 19.1 Å². The van der Waals surface area contributed by atoms with Gasteiger partial charge in [-0.15, -0.1) is 0 Å². The number of aromatic nitrogens is 2. The molecule has 0 spiro atoms. The molecule has 0 bridgehead atoms. The molecular formula is C14H18N6O2. The van der Waals surface area contributed by atoms with Crippen molar-refractivity contribution in [3.8, 4) is 0 Å². The molecular weight excluding hydrogens is 284 g/mol. The fraction of sp³-hybridized carbons (Fsp3) is 0.286. The number of anilines is 2. The van der Waals surface area contributed by atoms with Crippen molar-refractivity contribution < 1.29 is 4.92 Å². The number of nitrogens with one attached hydrogen (secondary N) is 2. The number of aryl methyl sites for hydroxylation is 1. The number of benzene rings is 1. The number of hydrogen-bond donors (Lipinski definition) is 2. The number of nitrogens with zero attached hydrogens (tertiary/aromatic N) is 4. The fourth-order valence-electron chi connectivity index (χ4n) is 1.87. The van der Waals surface area contributed by atoms with Gasteiger partial charge in [0.2, 0.25) is 11.6 Å². The Kier molecular flexibility index (Phi) is 4.84. The van der Waals surface area contributed by atoms with Crippen LogP contribution in [0.1, 0.15) is 11.1 Å². The Bertz CT molecular complexity index is 657. The van der Waals surface area contributed by atoms with Crippen LogP contribution in [-0.2, 0) is 6.54 Å². The number of rotatable bonds is 6. The maximum absolute atomic E-state index is 11.3. The molecule has 0 saturated carbocycles. The van der Waals surface area contributed by atoms with Gasteiger partial charge in [-0.05, 0) is 12.5 Å². The van der Waals surface area contributed by atoms with Crippen LogP contribution in [0.15, 0.2) is 30.6 Å². The molecule has 8 heteroatoms. The van der Waals surface area contributed by atoms with Crippen LogP contribution in [0.25, 0.3) is 0 Å². The predicted molar refractivity (Wildman–Crippen MR) is 84.5 cm³/mol. The Morgan fingerprint density at radius 3 is 2.41 bits per heavy atom. The van der Waals surface area contributed by atoms with Gasteiger partial charge in [-0.2, -0.15) is 0 Å². The number of hydrogen-bond acceptors (Lipinski definition) is 7. The van der Waals surface area contributed by atoms with Gasteiger partial charge in [-0.3, -0.25) is 15.5 Å². The van der Waals surface area contributed by atoms with Gasteiger partial charge < -0.3 is 5.32 Å². The van der Waals surface area contributed by atoms with E-state index >= 15 is 0 Å². The van der Waals surface area contributed by atoms with E-state index in [4.69, 9.17) is 0 Å². The Balaban J connectivity index is 2.22. The standard InChI is InChI=1S/C14H18N6O2/c1-10-4-6-11(7-5-10)8-15-13-12(20(21)22)14(17-9-16-13)18-19(2)3/h4-7,9H,8H2,1-3H3,(H2,15,16,17,18). The SMILES string of the molecule is Cc1ccc(CNc2ncnc(NN(C)C)c2[N+](=O)[O-])cc1. The molecule has 2 aromatic rings. The molecule has 1 aromatic carbocycles. The summed E-state index contributed by atoms with van der Waals surface area (Å²) in [6.07, 6.45) is 1.29. The first-order valence-corrected chi connectivity index (χ1v) is 6.70. The summed E-state index contributed by atoms with van der Waals surface area (Å²) in [5, 5.41) is 15.9. The summed E-state index contributed by atoms with van der Waals surface area (Å²) in [6, 6.07) is 7.91. The van der Waals surface area contributed by atoms with Gasteiger partial charge in [0.25, 0.3) is 0 Å². The van der Waals surface area contributed by atoms with Gasteiger partial charge in [0, 0.05) is 20.6 Å². The summed E-state index contributed by atoms with van der Waals surface area (Å²) in [6.45, 7) is 2.45. The highest BCUT2D eigenvalue weighted by molar-refractivity contribution is 5.68. The molecule has 0 amide bonds. The van der Waals surface area contributed by atoms with Crippen molar-refractivity contribution >= 4 is 17.3 Å². The molecule has 116 valence electrons. The van der Waals surface area contributed by atoms with Gasteiger partial charge in [-0.1, -0.05) is 29.8 Å². The van der Waals surface area contributed by atoms with Crippen molar-refractivity contribution in [2.24, 2.45) is 0 Å². The highest BCUT2D eigenvalue weighted by atomic mass is 16.6. The van der Waals surface area contributed by atoms with E-state index in [1.165, 1.54) is 6.33 Å². The lowest BCUT2D eigenvalue weighted by Gasteiger charge is -2.14. The molecule has 22 heavy (non-hydrogen) atoms. The van der Waals surface area contributed by atoms with E-state index in [0.29, 0.717) is 6.54 Å². The average Bonchev–Trinajstić information content (AvgIpc) is 2.45. The Morgan fingerprint density at radius 1 is 1.18 bits per heavy atom. The largest absolute Gasteiger partial charge is 0.360 e. The molecule has 0 fully saturated rings. The predicted octanol–water partition coefficient (Wildman–Crippen LogP) is 2.19. The van der Waals surface area contributed by atoms with Crippen LogP contribution < -0.4 is 10.7 Å². The maximum atomic E-state index is 11.3. The lowest BCUT2D eigenvalue weighted by molar-refractivity contribution is -0.383. The summed E-state index contributed by atoms with van der Waals surface area (Å²) >= 11 is 0. The smallest absolute Gasteiger partial charge is 0.354 e. The third kappa shape index (κ3) is 3.89. The molecule has 0 aliphatic rings. The van der Waals surface area contributed by atoms with Crippen LogP contribution in [0.3, 0.4) is 0 Å². The summed E-state index contributed by atoms with van der Waals surface area (Å²) in [5.41, 5.74) is 4.80. The quantitative estimate of drug-likeness (QED) is 0.623. The monoisotopic (exact) mass is 302 g/mol.